The van der Waals surface area contributed by atoms with E-state index >= 15 is 19.2 Å². The number of cyclic esters (lactones) is 1. The number of hydrogen-bond donors (Lipinski definition) is 5. The first-order valence-corrected chi connectivity index (χ1v) is 22.9. The fourth-order valence-electron chi connectivity index (χ4n) is 10.1. The normalized spacial score (nSPS) is 22.4. The quantitative estimate of drug-likeness (QED) is 0.0720. The lowest BCUT2D eigenvalue weighted by molar-refractivity contribution is -0.178. The van der Waals surface area contributed by atoms with E-state index in [1.807, 2.05) is 65.6 Å². The number of anilines is 1. The number of amides is 4. The molecule has 356 valence electrons. The van der Waals surface area contributed by atoms with Gasteiger partial charge in [0, 0.05) is 24.1 Å². The molecule has 0 aromatic heterocycles. The van der Waals surface area contributed by atoms with Crippen molar-refractivity contribution in [2.45, 2.75) is 62.1 Å². The summed E-state index contributed by atoms with van der Waals surface area (Å²) in [6.07, 6.45) is -2.10. The average molecular weight is 935 g/mol. The summed E-state index contributed by atoms with van der Waals surface area (Å²) in [5.41, 5.74) is 0.451. The number of carbonyl (C=O) groups is 5. The van der Waals surface area contributed by atoms with Gasteiger partial charge in [0.05, 0.1) is 50.1 Å². The van der Waals surface area contributed by atoms with Gasteiger partial charge in [-0.15, -0.1) is 0 Å². The molecule has 4 amide bonds. The van der Waals surface area contributed by atoms with Crippen molar-refractivity contribution in [2.75, 3.05) is 38.4 Å². The predicted molar refractivity (Wildman–Crippen MR) is 253 cm³/mol. The molecular formula is C54H54N4O11. The van der Waals surface area contributed by atoms with E-state index in [2.05, 4.69) is 22.5 Å². The molecule has 8 rings (SSSR count). The monoisotopic (exact) mass is 934 g/mol. The van der Waals surface area contributed by atoms with E-state index in [4.69, 9.17) is 14.2 Å². The van der Waals surface area contributed by atoms with Gasteiger partial charge >= 0.3 is 18.0 Å². The van der Waals surface area contributed by atoms with Crippen LogP contribution in [0.4, 0.5) is 10.5 Å². The van der Waals surface area contributed by atoms with Crippen molar-refractivity contribution in [3.8, 4) is 17.6 Å². The van der Waals surface area contributed by atoms with E-state index < -0.39 is 83.4 Å². The number of imide groups is 1. The second kappa shape index (κ2) is 20.9. The lowest BCUT2D eigenvalue weighted by Crippen LogP contribution is -2.58. The molecule has 2 fully saturated rings. The summed E-state index contributed by atoms with van der Waals surface area (Å²) in [6.45, 7) is 2.32. The van der Waals surface area contributed by atoms with Gasteiger partial charge in [-0.3, -0.25) is 19.3 Å². The topological polar surface area (TPSA) is 204 Å². The molecular weight excluding hydrogens is 881 g/mol. The molecule has 8 atom stereocenters. The zero-order valence-corrected chi connectivity index (χ0v) is 38.4. The second-order valence-electron chi connectivity index (χ2n) is 17.4. The number of aliphatic hydroxyl groups excluding tert-OH is 3. The summed E-state index contributed by atoms with van der Waals surface area (Å²) in [6, 6.07) is 32.6. The molecule has 0 aliphatic carbocycles. The molecule has 15 nitrogen and oxygen atoms in total. The van der Waals surface area contributed by atoms with Crippen molar-refractivity contribution in [2.24, 2.45) is 11.8 Å². The lowest BCUT2D eigenvalue weighted by atomic mass is 9.65. The third-order valence-corrected chi connectivity index (χ3v) is 13.0. The number of hydrogen-bond acceptors (Lipinski definition) is 12. The molecule has 5 N–H and O–H groups in total. The molecule has 5 aromatic rings. The zero-order valence-electron chi connectivity index (χ0n) is 38.4. The molecule has 1 spiro atoms. The molecule has 69 heavy (non-hydrogen) atoms. The Hall–Kier alpha value is -7.35. The van der Waals surface area contributed by atoms with Crippen LogP contribution >= 0.6 is 0 Å². The summed E-state index contributed by atoms with van der Waals surface area (Å²) in [7, 11) is 1.19. The highest BCUT2D eigenvalue weighted by atomic mass is 16.6. The Bertz CT molecular complexity index is 2740. The molecule has 2 saturated heterocycles. The largest absolute Gasteiger partial charge is 0.491 e. The maximum atomic E-state index is 16.6. The van der Waals surface area contributed by atoms with Crippen LogP contribution in [0.25, 0.3) is 0 Å². The van der Waals surface area contributed by atoms with Gasteiger partial charge in [-0.1, -0.05) is 135 Å². The highest BCUT2D eigenvalue weighted by Gasteiger charge is 2.76. The Morgan fingerprint density at radius 3 is 2.13 bits per heavy atom. The number of carbonyl (C=O) groups excluding carboxylic acids is 5. The number of methoxy groups -OCH3 is 1. The van der Waals surface area contributed by atoms with Crippen molar-refractivity contribution in [1.82, 2.24) is 15.5 Å². The fourth-order valence-corrected chi connectivity index (χ4v) is 10.1. The molecule has 3 aliphatic heterocycles. The van der Waals surface area contributed by atoms with Gasteiger partial charge in [-0.25, -0.2) is 14.5 Å². The minimum absolute atomic E-state index is 0.0440. The van der Waals surface area contributed by atoms with Crippen LogP contribution in [-0.4, -0.2) is 95.6 Å². The first-order valence-electron chi connectivity index (χ1n) is 22.9. The van der Waals surface area contributed by atoms with Gasteiger partial charge in [0.2, 0.25) is 11.8 Å². The minimum Gasteiger partial charge on any atom is -0.491 e. The Kier molecular flexibility index (Phi) is 14.6. The van der Waals surface area contributed by atoms with Crippen LogP contribution in [0.3, 0.4) is 0 Å². The third-order valence-electron chi connectivity index (χ3n) is 13.0. The summed E-state index contributed by atoms with van der Waals surface area (Å²) >= 11 is 0. The van der Waals surface area contributed by atoms with E-state index in [0.29, 0.717) is 27.8 Å². The van der Waals surface area contributed by atoms with Crippen LogP contribution in [0.5, 0.6) is 5.75 Å². The number of nitrogens with one attached hydrogen (secondary N) is 2. The molecule has 3 aliphatic rings. The van der Waals surface area contributed by atoms with Crippen LogP contribution in [0, 0.1) is 23.7 Å². The standard InChI is InChI=1S/C54H54N4O11/c1-33(2)44(50(63)67-3)56-53(66)57-40-27-26-34(17-15-16-28-59)31-39(40)54(52(57)65)43(49(62)55-32-41(61)35-18-7-4-8-19-35)46-51(64)69-47(37-22-11-6-12-23-37)45(36-20-9-5-10-21-36)58(46)48(54)38-24-13-14-25-42(38)68-30-29-60/h4-14,18-27,31,33,41,43-48,59-61H,16,28-30,32H2,1-3H3,(H,55,62)(H,56,66). The van der Waals surface area contributed by atoms with E-state index in [-0.39, 0.29) is 49.8 Å². The van der Waals surface area contributed by atoms with Crippen LogP contribution in [0.1, 0.15) is 77.9 Å². The third kappa shape index (κ3) is 8.95. The average Bonchev–Trinajstić information content (AvgIpc) is 3.83. The van der Waals surface area contributed by atoms with Gasteiger partial charge in [0.15, 0.2) is 0 Å². The molecule has 5 aromatic carbocycles. The number of morpholine rings is 1. The molecule has 0 bridgehead atoms. The number of fused-ring (bicyclic) bond motifs is 3. The first kappa shape index (κ1) is 48.1. The van der Waals surface area contributed by atoms with Crippen molar-refractivity contribution >= 4 is 35.5 Å². The molecule has 3 heterocycles. The maximum absolute atomic E-state index is 16.6. The molecule has 15 heteroatoms. The summed E-state index contributed by atoms with van der Waals surface area (Å²) in [5, 5.41) is 36.8. The maximum Gasteiger partial charge on any atom is 0.329 e. The number of rotatable bonds is 14. The molecule has 8 unspecified atom stereocenters. The summed E-state index contributed by atoms with van der Waals surface area (Å²) < 4.78 is 17.9. The number of para-hydroxylation sites is 1. The van der Waals surface area contributed by atoms with Gasteiger partial charge in [0.1, 0.15) is 36.0 Å². The smallest absolute Gasteiger partial charge is 0.329 e. The van der Waals surface area contributed by atoms with Crippen molar-refractivity contribution in [1.29, 1.82) is 0 Å². The van der Waals surface area contributed by atoms with E-state index in [9.17, 15) is 20.1 Å². The SMILES string of the molecule is COC(=O)C(NC(=O)N1C(=O)C2(c3cc(C#CCCO)ccc31)C(C(=O)NCC(O)c1ccccc1)C1C(=O)OC(c3ccccc3)C(c3ccccc3)N1C2c1ccccc1OCCO)C(C)C. The zero-order chi connectivity index (χ0) is 48.8. The highest BCUT2D eigenvalue weighted by molar-refractivity contribution is 6.25. The van der Waals surface area contributed by atoms with E-state index in [1.165, 1.54) is 13.2 Å². The van der Waals surface area contributed by atoms with Crippen LogP contribution in [0.2, 0.25) is 0 Å². The lowest BCUT2D eigenvalue weighted by Gasteiger charge is -2.46. The number of esters is 2. The number of aliphatic hydroxyl groups is 3. The van der Waals surface area contributed by atoms with E-state index in [0.717, 1.165) is 4.90 Å². The number of urea groups is 1. The molecule has 0 radical (unpaired) electrons. The Balaban J connectivity index is 1.46. The van der Waals surface area contributed by atoms with Crippen LogP contribution in [-0.2, 0) is 34.1 Å². The second-order valence-corrected chi connectivity index (χ2v) is 17.4. The number of benzene rings is 5. The Labute approximate surface area is 400 Å². The van der Waals surface area contributed by atoms with Gasteiger partial charge in [-0.05, 0) is 52.4 Å². The summed E-state index contributed by atoms with van der Waals surface area (Å²) in [5.74, 6) is 0.670. The first-order chi connectivity index (χ1) is 33.5. The van der Waals surface area contributed by atoms with Crippen molar-refractivity contribution in [3.05, 3.63) is 167 Å². The number of ether oxygens (including phenoxy) is 3. The summed E-state index contributed by atoms with van der Waals surface area (Å²) in [4.78, 5) is 78.8. The van der Waals surface area contributed by atoms with Gasteiger partial charge in [-0.2, -0.15) is 0 Å². The van der Waals surface area contributed by atoms with Crippen molar-refractivity contribution < 1.29 is 53.5 Å². The molecule has 0 saturated carbocycles. The van der Waals surface area contributed by atoms with Gasteiger partial charge < -0.3 is 40.2 Å². The Morgan fingerprint density at radius 1 is 0.826 bits per heavy atom. The number of nitrogens with zero attached hydrogens (tertiary/aromatic N) is 2. The Morgan fingerprint density at radius 2 is 1.48 bits per heavy atom. The highest BCUT2D eigenvalue weighted by Crippen LogP contribution is 2.66. The van der Waals surface area contributed by atoms with Crippen LogP contribution in [0.15, 0.2) is 133 Å². The predicted octanol–water partition coefficient (Wildman–Crippen LogP) is 5.21. The van der Waals surface area contributed by atoms with Crippen LogP contribution < -0.4 is 20.3 Å². The van der Waals surface area contributed by atoms with E-state index in [1.54, 1.807) is 80.6 Å². The van der Waals surface area contributed by atoms with Crippen molar-refractivity contribution in [3.63, 3.8) is 0 Å². The minimum atomic E-state index is -2.23. The van der Waals surface area contributed by atoms with Gasteiger partial charge in [0.25, 0.3) is 0 Å². The fraction of sp³-hybridized carbons (Fsp3) is 0.315.